The van der Waals surface area contributed by atoms with Gasteiger partial charge in [0.2, 0.25) is 0 Å². The molecule has 1 heterocycles. The maximum absolute atomic E-state index is 13.1. The van der Waals surface area contributed by atoms with Crippen LogP contribution < -0.4 is 14.2 Å². The number of aromatic nitrogens is 1. The zero-order valence-corrected chi connectivity index (χ0v) is 17.2. The van der Waals surface area contributed by atoms with Gasteiger partial charge in [0.05, 0.1) is 31.0 Å². The number of rotatable bonds is 7. The van der Waals surface area contributed by atoms with E-state index < -0.39 is 10.0 Å². The predicted molar refractivity (Wildman–Crippen MR) is 109 cm³/mol. The van der Waals surface area contributed by atoms with Gasteiger partial charge in [0.15, 0.2) is 11.7 Å². The first-order valence-corrected chi connectivity index (χ1v) is 10.7. The van der Waals surface area contributed by atoms with Gasteiger partial charge in [-0.3, -0.25) is 4.72 Å². The number of sulfonamides is 1. The summed E-state index contributed by atoms with van der Waals surface area (Å²) in [5, 5.41) is 0. The van der Waals surface area contributed by atoms with Gasteiger partial charge in [0, 0.05) is 29.7 Å². The SMILES string of the molecule is COc1cc(NS(=O)(=O)c2cc(-c3cnc(C4CC4)o3)ccc2C)cc(OC)c1. The number of anilines is 1. The lowest BCUT2D eigenvalue weighted by molar-refractivity contribution is 0.395. The largest absolute Gasteiger partial charge is 0.497 e. The van der Waals surface area contributed by atoms with Crippen molar-refractivity contribution in [2.45, 2.75) is 30.6 Å². The molecule has 1 saturated carbocycles. The highest BCUT2D eigenvalue weighted by Crippen LogP contribution is 2.40. The van der Waals surface area contributed by atoms with Crippen molar-refractivity contribution >= 4 is 15.7 Å². The molecule has 152 valence electrons. The normalized spacial score (nSPS) is 13.9. The quantitative estimate of drug-likeness (QED) is 0.618. The van der Waals surface area contributed by atoms with Crippen LogP contribution in [0, 0.1) is 6.92 Å². The van der Waals surface area contributed by atoms with Gasteiger partial charge in [-0.1, -0.05) is 12.1 Å². The number of methoxy groups -OCH3 is 2. The minimum Gasteiger partial charge on any atom is -0.497 e. The van der Waals surface area contributed by atoms with E-state index in [9.17, 15) is 8.42 Å². The topological polar surface area (TPSA) is 90.7 Å². The first-order chi connectivity index (χ1) is 13.9. The van der Waals surface area contributed by atoms with Gasteiger partial charge in [0.1, 0.15) is 11.5 Å². The summed E-state index contributed by atoms with van der Waals surface area (Å²) in [4.78, 5) is 4.48. The van der Waals surface area contributed by atoms with Gasteiger partial charge in [0.25, 0.3) is 10.0 Å². The first kappa shape index (κ1) is 19.3. The van der Waals surface area contributed by atoms with E-state index in [2.05, 4.69) is 9.71 Å². The van der Waals surface area contributed by atoms with Crippen LogP contribution in [0.2, 0.25) is 0 Å². The molecule has 0 bridgehead atoms. The maximum Gasteiger partial charge on any atom is 0.262 e. The number of aryl methyl sites for hydroxylation is 1. The summed E-state index contributed by atoms with van der Waals surface area (Å²) in [6, 6.07) is 10.1. The Morgan fingerprint density at radius 2 is 1.76 bits per heavy atom. The molecule has 1 fully saturated rings. The maximum atomic E-state index is 13.1. The highest BCUT2D eigenvalue weighted by Gasteiger charge is 2.29. The van der Waals surface area contributed by atoms with Gasteiger partial charge in [-0.15, -0.1) is 0 Å². The van der Waals surface area contributed by atoms with E-state index in [1.54, 1.807) is 43.5 Å². The summed E-state index contributed by atoms with van der Waals surface area (Å²) in [6.45, 7) is 1.75. The van der Waals surface area contributed by atoms with E-state index in [-0.39, 0.29) is 4.90 Å². The van der Waals surface area contributed by atoms with Crippen molar-refractivity contribution in [2.24, 2.45) is 0 Å². The molecule has 1 aliphatic rings. The molecule has 8 heteroatoms. The van der Waals surface area contributed by atoms with E-state index in [4.69, 9.17) is 13.9 Å². The highest BCUT2D eigenvalue weighted by atomic mass is 32.2. The molecule has 0 saturated heterocycles. The van der Waals surface area contributed by atoms with Crippen LogP contribution in [0.4, 0.5) is 5.69 Å². The molecular weight excluding hydrogens is 392 g/mol. The fourth-order valence-electron chi connectivity index (χ4n) is 3.06. The second-order valence-corrected chi connectivity index (χ2v) is 8.67. The Balaban J connectivity index is 1.67. The molecular formula is C21H22N2O5S. The lowest BCUT2D eigenvalue weighted by Crippen LogP contribution is -2.14. The second kappa shape index (κ2) is 7.44. The van der Waals surface area contributed by atoms with Crippen molar-refractivity contribution in [3.63, 3.8) is 0 Å². The molecule has 0 radical (unpaired) electrons. The van der Waals surface area contributed by atoms with Crippen LogP contribution in [-0.4, -0.2) is 27.6 Å². The molecule has 29 heavy (non-hydrogen) atoms. The zero-order valence-electron chi connectivity index (χ0n) is 16.4. The second-order valence-electron chi connectivity index (χ2n) is 7.02. The van der Waals surface area contributed by atoms with Crippen LogP contribution in [0.15, 0.2) is 51.9 Å². The van der Waals surface area contributed by atoms with Crippen molar-refractivity contribution in [3.8, 4) is 22.8 Å². The van der Waals surface area contributed by atoms with E-state index in [1.165, 1.54) is 14.2 Å². The van der Waals surface area contributed by atoms with Crippen LogP contribution in [0.25, 0.3) is 11.3 Å². The Morgan fingerprint density at radius 1 is 1.07 bits per heavy atom. The summed E-state index contributed by atoms with van der Waals surface area (Å²) in [5.74, 6) is 2.64. The third-order valence-corrected chi connectivity index (χ3v) is 6.34. The lowest BCUT2D eigenvalue weighted by Gasteiger charge is -2.13. The third-order valence-electron chi connectivity index (χ3n) is 4.82. The summed E-state index contributed by atoms with van der Waals surface area (Å²) in [6.07, 6.45) is 3.82. The van der Waals surface area contributed by atoms with Crippen LogP contribution >= 0.6 is 0 Å². The molecule has 0 aliphatic heterocycles. The fourth-order valence-corrected chi connectivity index (χ4v) is 4.37. The van der Waals surface area contributed by atoms with Gasteiger partial charge < -0.3 is 13.9 Å². The summed E-state index contributed by atoms with van der Waals surface area (Å²) >= 11 is 0. The number of ether oxygens (including phenoxy) is 2. The molecule has 1 aromatic heterocycles. The Morgan fingerprint density at radius 3 is 2.38 bits per heavy atom. The number of hydrogen-bond donors (Lipinski definition) is 1. The molecule has 0 unspecified atom stereocenters. The Labute approximate surface area is 169 Å². The first-order valence-electron chi connectivity index (χ1n) is 9.22. The average molecular weight is 414 g/mol. The fraction of sp³-hybridized carbons (Fsp3) is 0.286. The van der Waals surface area contributed by atoms with Crippen LogP contribution in [0.3, 0.4) is 0 Å². The van der Waals surface area contributed by atoms with E-state index in [0.29, 0.717) is 45.9 Å². The zero-order chi connectivity index (χ0) is 20.6. The molecule has 1 N–H and O–H groups in total. The molecule has 0 amide bonds. The van der Waals surface area contributed by atoms with E-state index in [1.807, 2.05) is 6.07 Å². The summed E-state index contributed by atoms with van der Waals surface area (Å²) in [7, 11) is -0.829. The van der Waals surface area contributed by atoms with E-state index >= 15 is 0 Å². The van der Waals surface area contributed by atoms with Crippen molar-refractivity contribution < 1.29 is 22.3 Å². The van der Waals surface area contributed by atoms with Gasteiger partial charge in [-0.05, 0) is 31.4 Å². The lowest BCUT2D eigenvalue weighted by atomic mass is 10.1. The molecule has 0 atom stereocenters. The van der Waals surface area contributed by atoms with Crippen molar-refractivity contribution in [1.82, 2.24) is 4.98 Å². The number of benzene rings is 2. The monoisotopic (exact) mass is 414 g/mol. The predicted octanol–water partition coefficient (Wildman–Crippen LogP) is 4.35. The van der Waals surface area contributed by atoms with E-state index in [0.717, 1.165) is 12.8 Å². The molecule has 7 nitrogen and oxygen atoms in total. The highest BCUT2D eigenvalue weighted by molar-refractivity contribution is 7.92. The Hall–Kier alpha value is -3.00. The number of nitrogens with zero attached hydrogens (tertiary/aromatic N) is 1. The smallest absolute Gasteiger partial charge is 0.262 e. The Kier molecular flexibility index (Phi) is 4.96. The average Bonchev–Trinajstić information content (AvgIpc) is 3.44. The molecule has 3 aromatic rings. The number of hydrogen-bond acceptors (Lipinski definition) is 6. The summed E-state index contributed by atoms with van der Waals surface area (Å²) < 4.78 is 45.0. The number of oxazole rings is 1. The summed E-state index contributed by atoms with van der Waals surface area (Å²) in [5.41, 5.74) is 1.64. The van der Waals surface area contributed by atoms with Crippen molar-refractivity contribution in [2.75, 3.05) is 18.9 Å². The third kappa shape index (κ3) is 4.07. The van der Waals surface area contributed by atoms with Crippen molar-refractivity contribution in [1.29, 1.82) is 0 Å². The minimum atomic E-state index is -3.84. The minimum absolute atomic E-state index is 0.168. The van der Waals surface area contributed by atoms with Crippen LogP contribution in [0.5, 0.6) is 11.5 Å². The van der Waals surface area contributed by atoms with Gasteiger partial charge in [-0.2, -0.15) is 0 Å². The van der Waals surface area contributed by atoms with Crippen LogP contribution in [0.1, 0.15) is 30.2 Å². The van der Waals surface area contributed by atoms with Gasteiger partial charge in [-0.25, -0.2) is 13.4 Å². The Bertz CT molecular complexity index is 1130. The molecule has 2 aromatic carbocycles. The molecule has 1 aliphatic carbocycles. The van der Waals surface area contributed by atoms with Crippen LogP contribution in [-0.2, 0) is 10.0 Å². The standard InChI is InChI=1S/C21H22N2O5S/c1-13-4-5-15(19-12-22-21(28-19)14-6-7-14)8-20(13)29(24,25)23-16-9-17(26-2)11-18(10-16)27-3/h4-5,8-12,14,23H,6-7H2,1-3H3. The van der Waals surface area contributed by atoms with Crippen molar-refractivity contribution in [3.05, 3.63) is 54.0 Å². The molecule has 4 rings (SSSR count). The number of nitrogens with one attached hydrogen (secondary N) is 1. The van der Waals surface area contributed by atoms with Gasteiger partial charge >= 0.3 is 0 Å². The molecule has 0 spiro atoms.